The molecule has 2 aliphatic rings. The first-order valence-corrected chi connectivity index (χ1v) is 5.45. The molecule has 2 heterocycles. The maximum absolute atomic E-state index is 5.22. The van der Waals surface area contributed by atoms with Crippen LogP contribution in [0, 0.1) is 0 Å². The van der Waals surface area contributed by atoms with Crippen LogP contribution < -0.4 is 5.32 Å². The second kappa shape index (κ2) is 4.40. The smallest absolute Gasteiger partial charge is 0.0645 e. The summed E-state index contributed by atoms with van der Waals surface area (Å²) < 4.78 is 5.22. The third-order valence-electron chi connectivity index (χ3n) is 3.08. The Balaban J connectivity index is 1.77. The molecule has 2 rings (SSSR count). The highest BCUT2D eigenvalue weighted by molar-refractivity contribution is 4.85. The largest absolute Gasteiger partial charge is 0.378 e. The Morgan fingerprint density at radius 3 is 2.92 bits per heavy atom. The van der Waals surface area contributed by atoms with Crippen LogP contribution >= 0.6 is 0 Å². The van der Waals surface area contributed by atoms with Crippen LogP contribution in [-0.4, -0.2) is 49.8 Å². The van der Waals surface area contributed by atoms with E-state index >= 15 is 0 Å². The van der Waals surface area contributed by atoms with Crippen LogP contribution in [0.1, 0.15) is 19.8 Å². The number of nitrogens with zero attached hydrogens (tertiary/aromatic N) is 1. The molecule has 0 spiro atoms. The van der Waals surface area contributed by atoms with E-state index < -0.39 is 0 Å². The predicted molar refractivity (Wildman–Crippen MR) is 52.9 cm³/mol. The van der Waals surface area contributed by atoms with Gasteiger partial charge in [0.1, 0.15) is 0 Å². The van der Waals surface area contributed by atoms with Crippen LogP contribution in [0.5, 0.6) is 0 Å². The Kier molecular flexibility index (Phi) is 3.19. The van der Waals surface area contributed by atoms with Crippen LogP contribution in [0.2, 0.25) is 0 Å². The van der Waals surface area contributed by atoms with Crippen molar-refractivity contribution in [2.24, 2.45) is 0 Å². The van der Waals surface area contributed by atoms with E-state index in [0.29, 0.717) is 0 Å². The number of ether oxygens (including phenoxy) is 1. The molecule has 0 aliphatic carbocycles. The molecule has 3 heteroatoms. The predicted octanol–water partition coefficient (Wildman–Crippen LogP) is 0.459. The SMILES string of the molecule is CCN[C@H]1CCCN(C2COC2)C1. The van der Waals surface area contributed by atoms with Gasteiger partial charge in [0.2, 0.25) is 0 Å². The van der Waals surface area contributed by atoms with E-state index in [1.807, 2.05) is 0 Å². The molecule has 0 aromatic carbocycles. The van der Waals surface area contributed by atoms with E-state index in [1.165, 1.54) is 25.9 Å². The third-order valence-corrected chi connectivity index (χ3v) is 3.08. The molecule has 13 heavy (non-hydrogen) atoms. The molecule has 0 unspecified atom stereocenters. The number of hydrogen-bond acceptors (Lipinski definition) is 3. The maximum atomic E-state index is 5.22. The summed E-state index contributed by atoms with van der Waals surface area (Å²) in [6.07, 6.45) is 2.69. The van der Waals surface area contributed by atoms with E-state index in [9.17, 15) is 0 Å². The minimum absolute atomic E-state index is 0.722. The summed E-state index contributed by atoms with van der Waals surface area (Å²) in [4.78, 5) is 2.58. The van der Waals surface area contributed by atoms with Crippen molar-refractivity contribution < 1.29 is 4.74 Å². The van der Waals surface area contributed by atoms with Crippen molar-refractivity contribution >= 4 is 0 Å². The van der Waals surface area contributed by atoms with Crippen molar-refractivity contribution in [3.8, 4) is 0 Å². The minimum Gasteiger partial charge on any atom is -0.378 e. The summed E-state index contributed by atoms with van der Waals surface area (Å²) in [5, 5.41) is 3.54. The average molecular weight is 184 g/mol. The Hall–Kier alpha value is -0.120. The molecular weight excluding hydrogens is 164 g/mol. The highest BCUT2D eigenvalue weighted by atomic mass is 16.5. The molecule has 2 aliphatic heterocycles. The van der Waals surface area contributed by atoms with Gasteiger partial charge in [0.25, 0.3) is 0 Å². The van der Waals surface area contributed by atoms with Crippen molar-refractivity contribution in [3.63, 3.8) is 0 Å². The quantitative estimate of drug-likeness (QED) is 0.689. The van der Waals surface area contributed by atoms with Crippen molar-refractivity contribution in [2.45, 2.75) is 31.8 Å². The lowest BCUT2D eigenvalue weighted by Gasteiger charge is -2.42. The normalized spacial score (nSPS) is 31.6. The van der Waals surface area contributed by atoms with Gasteiger partial charge in [-0.05, 0) is 25.9 Å². The fourth-order valence-corrected chi connectivity index (χ4v) is 2.23. The van der Waals surface area contributed by atoms with Gasteiger partial charge in [-0.3, -0.25) is 4.90 Å². The van der Waals surface area contributed by atoms with E-state index in [-0.39, 0.29) is 0 Å². The van der Waals surface area contributed by atoms with Crippen LogP contribution in [-0.2, 0) is 4.74 Å². The first-order chi connectivity index (χ1) is 6.40. The number of likely N-dealkylation sites (tertiary alicyclic amines) is 1. The van der Waals surface area contributed by atoms with E-state index in [2.05, 4.69) is 17.1 Å². The molecule has 2 saturated heterocycles. The number of piperidine rings is 1. The van der Waals surface area contributed by atoms with E-state index in [1.54, 1.807) is 0 Å². The first kappa shape index (κ1) is 9.44. The van der Waals surface area contributed by atoms with E-state index in [0.717, 1.165) is 31.8 Å². The molecule has 0 amide bonds. The fourth-order valence-electron chi connectivity index (χ4n) is 2.23. The molecule has 3 nitrogen and oxygen atoms in total. The molecule has 2 fully saturated rings. The summed E-state index contributed by atoms with van der Waals surface area (Å²) in [5.41, 5.74) is 0. The Morgan fingerprint density at radius 1 is 1.46 bits per heavy atom. The molecule has 0 bridgehead atoms. The highest BCUT2D eigenvalue weighted by Gasteiger charge is 2.29. The monoisotopic (exact) mass is 184 g/mol. The summed E-state index contributed by atoms with van der Waals surface area (Å²) >= 11 is 0. The maximum Gasteiger partial charge on any atom is 0.0645 e. The van der Waals surface area contributed by atoms with Crippen LogP contribution in [0.3, 0.4) is 0 Å². The molecule has 76 valence electrons. The average Bonchev–Trinajstić information content (AvgIpc) is 2.02. The van der Waals surface area contributed by atoms with Gasteiger partial charge in [-0.15, -0.1) is 0 Å². The zero-order valence-electron chi connectivity index (χ0n) is 8.46. The Labute approximate surface area is 80.4 Å². The summed E-state index contributed by atoms with van der Waals surface area (Å²) in [5.74, 6) is 0. The van der Waals surface area contributed by atoms with Gasteiger partial charge < -0.3 is 10.1 Å². The molecule has 0 aromatic heterocycles. The lowest BCUT2D eigenvalue weighted by atomic mass is 10.0. The standard InChI is InChI=1S/C10H20N2O/c1-2-11-9-4-3-5-12(6-9)10-7-13-8-10/h9-11H,2-8H2,1H3/t9-/m0/s1. The van der Waals surface area contributed by atoms with Gasteiger partial charge in [0, 0.05) is 12.6 Å². The lowest BCUT2D eigenvalue weighted by molar-refractivity contribution is -0.0731. The molecule has 1 atom stereocenters. The van der Waals surface area contributed by atoms with Crippen molar-refractivity contribution in [1.82, 2.24) is 10.2 Å². The Morgan fingerprint density at radius 2 is 2.31 bits per heavy atom. The van der Waals surface area contributed by atoms with E-state index in [4.69, 9.17) is 4.74 Å². The van der Waals surface area contributed by atoms with Gasteiger partial charge in [0.15, 0.2) is 0 Å². The number of rotatable bonds is 3. The van der Waals surface area contributed by atoms with Crippen molar-refractivity contribution in [3.05, 3.63) is 0 Å². The van der Waals surface area contributed by atoms with Gasteiger partial charge in [-0.2, -0.15) is 0 Å². The Bertz CT molecular complexity index is 157. The summed E-state index contributed by atoms with van der Waals surface area (Å²) in [6, 6.07) is 1.45. The van der Waals surface area contributed by atoms with Gasteiger partial charge in [-0.1, -0.05) is 6.92 Å². The summed E-state index contributed by atoms with van der Waals surface area (Å²) in [6.45, 7) is 7.69. The highest BCUT2D eigenvalue weighted by Crippen LogP contribution is 2.17. The summed E-state index contributed by atoms with van der Waals surface area (Å²) in [7, 11) is 0. The molecule has 1 N–H and O–H groups in total. The van der Waals surface area contributed by atoms with Crippen LogP contribution in [0.15, 0.2) is 0 Å². The van der Waals surface area contributed by atoms with Crippen molar-refractivity contribution in [1.29, 1.82) is 0 Å². The minimum atomic E-state index is 0.722. The van der Waals surface area contributed by atoms with Crippen molar-refractivity contribution in [2.75, 3.05) is 32.8 Å². The van der Waals surface area contributed by atoms with Gasteiger partial charge in [-0.25, -0.2) is 0 Å². The van der Waals surface area contributed by atoms with Crippen LogP contribution in [0.25, 0.3) is 0 Å². The zero-order chi connectivity index (χ0) is 9.10. The molecule has 0 saturated carbocycles. The molecular formula is C10H20N2O. The molecule has 0 aromatic rings. The number of nitrogens with one attached hydrogen (secondary N) is 1. The lowest BCUT2D eigenvalue weighted by Crippen LogP contribution is -2.55. The fraction of sp³-hybridized carbons (Fsp3) is 1.00. The second-order valence-electron chi connectivity index (χ2n) is 4.08. The van der Waals surface area contributed by atoms with Crippen LogP contribution in [0.4, 0.5) is 0 Å². The zero-order valence-corrected chi connectivity index (χ0v) is 8.46. The molecule has 0 radical (unpaired) electrons. The second-order valence-corrected chi connectivity index (χ2v) is 4.08. The van der Waals surface area contributed by atoms with Gasteiger partial charge >= 0.3 is 0 Å². The first-order valence-electron chi connectivity index (χ1n) is 5.45. The number of hydrogen-bond donors (Lipinski definition) is 1. The topological polar surface area (TPSA) is 24.5 Å². The third kappa shape index (κ3) is 2.22. The number of likely N-dealkylation sites (N-methyl/N-ethyl adjacent to an activating group) is 1. The van der Waals surface area contributed by atoms with Gasteiger partial charge in [0.05, 0.1) is 19.3 Å².